The summed E-state index contributed by atoms with van der Waals surface area (Å²) in [6, 6.07) is 9.64. The molecular weight excluding hydrogens is 440 g/mol. The van der Waals surface area contributed by atoms with Crippen LogP contribution < -0.4 is 10.6 Å². The molecule has 0 spiro atoms. The molecule has 0 unspecified atom stereocenters. The van der Waals surface area contributed by atoms with Crippen LogP contribution in [0.15, 0.2) is 41.9 Å². The number of amides is 1. The van der Waals surface area contributed by atoms with Crippen LogP contribution in [0.4, 0.5) is 11.8 Å². The summed E-state index contributed by atoms with van der Waals surface area (Å²) in [7, 11) is 0. The predicted octanol–water partition coefficient (Wildman–Crippen LogP) is 2.96. The number of hydrogen-bond acceptors (Lipinski definition) is 9. The molecule has 0 bridgehead atoms. The van der Waals surface area contributed by atoms with E-state index >= 15 is 0 Å². The van der Waals surface area contributed by atoms with Crippen molar-refractivity contribution in [2.45, 2.75) is 6.92 Å². The number of benzene rings is 1. The Kier molecular flexibility index (Phi) is 5.51. The number of nitrogens with zero attached hydrogens (tertiary/aromatic N) is 5. The molecule has 0 radical (unpaired) electrons. The minimum absolute atomic E-state index is 0.0958. The van der Waals surface area contributed by atoms with E-state index in [0.717, 1.165) is 10.8 Å². The number of aromatic nitrogens is 3. The number of pyridine rings is 1. The second-order valence-electron chi connectivity index (χ2n) is 7.62. The fourth-order valence-corrected chi connectivity index (χ4v) is 5.00. The quantitative estimate of drug-likeness (QED) is 0.461. The minimum Gasteiger partial charge on any atom is -0.462 e. The van der Waals surface area contributed by atoms with Gasteiger partial charge in [-0.2, -0.15) is 4.98 Å². The van der Waals surface area contributed by atoms with E-state index < -0.39 is 5.97 Å². The zero-order chi connectivity index (χ0) is 22.9. The average molecular weight is 463 g/mol. The van der Waals surface area contributed by atoms with Gasteiger partial charge >= 0.3 is 5.97 Å². The monoisotopic (exact) mass is 462 g/mol. The molecule has 9 nitrogen and oxygen atoms in total. The highest BCUT2D eigenvalue weighted by molar-refractivity contribution is 7.17. The number of fused-ring (bicyclic) bond motifs is 2. The molecule has 168 valence electrons. The van der Waals surface area contributed by atoms with Crippen molar-refractivity contribution >= 4 is 56.0 Å². The highest BCUT2D eigenvalue weighted by Gasteiger charge is 2.28. The van der Waals surface area contributed by atoms with Gasteiger partial charge in [0.05, 0.1) is 17.6 Å². The van der Waals surface area contributed by atoms with Crippen LogP contribution in [0.1, 0.15) is 27.8 Å². The Labute approximate surface area is 193 Å². The first kappa shape index (κ1) is 21.1. The van der Waals surface area contributed by atoms with E-state index in [1.165, 1.54) is 11.3 Å². The molecule has 0 saturated carbocycles. The molecule has 1 aliphatic heterocycles. The van der Waals surface area contributed by atoms with Gasteiger partial charge in [-0.25, -0.2) is 9.78 Å². The number of hydrogen-bond donors (Lipinski definition) is 1. The maximum absolute atomic E-state index is 13.2. The fraction of sp³-hybridized carbons (Fsp3) is 0.261. The zero-order valence-corrected chi connectivity index (χ0v) is 18.8. The van der Waals surface area contributed by atoms with Crippen LogP contribution in [-0.4, -0.2) is 64.5 Å². The largest absolute Gasteiger partial charge is 0.462 e. The predicted molar refractivity (Wildman–Crippen MR) is 128 cm³/mol. The van der Waals surface area contributed by atoms with E-state index in [-0.39, 0.29) is 18.5 Å². The lowest BCUT2D eigenvalue weighted by molar-refractivity contribution is 0.0529. The Morgan fingerprint density at radius 2 is 1.91 bits per heavy atom. The molecule has 4 heterocycles. The van der Waals surface area contributed by atoms with Crippen LogP contribution in [0.3, 0.4) is 0 Å². The second kappa shape index (κ2) is 8.62. The lowest BCUT2D eigenvalue weighted by Gasteiger charge is -2.35. The molecule has 1 aromatic carbocycles. The molecule has 0 aliphatic carbocycles. The molecular formula is C23H22N6O3S. The van der Waals surface area contributed by atoms with Crippen LogP contribution in [0.2, 0.25) is 0 Å². The number of thiophene rings is 1. The number of esters is 1. The van der Waals surface area contributed by atoms with Crippen molar-refractivity contribution in [3.8, 4) is 0 Å². The second-order valence-corrected chi connectivity index (χ2v) is 8.47. The van der Waals surface area contributed by atoms with Gasteiger partial charge in [0.2, 0.25) is 5.95 Å². The normalized spacial score (nSPS) is 14.1. The molecule has 1 aliphatic rings. The molecule has 2 N–H and O–H groups in total. The van der Waals surface area contributed by atoms with Crippen molar-refractivity contribution in [3.63, 3.8) is 0 Å². The number of anilines is 2. The van der Waals surface area contributed by atoms with E-state index in [2.05, 4.69) is 15.0 Å². The van der Waals surface area contributed by atoms with Crippen LogP contribution in [-0.2, 0) is 4.74 Å². The Hall–Kier alpha value is -3.79. The number of piperazine rings is 1. The van der Waals surface area contributed by atoms with E-state index in [9.17, 15) is 9.59 Å². The first-order valence-electron chi connectivity index (χ1n) is 10.7. The van der Waals surface area contributed by atoms with E-state index in [1.807, 2.05) is 35.2 Å². The third kappa shape index (κ3) is 3.82. The first-order chi connectivity index (χ1) is 16.1. The minimum atomic E-state index is -0.408. The van der Waals surface area contributed by atoms with Crippen molar-refractivity contribution in [1.29, 1.82) is 0 Å². The van der Waals surface area contributed by atoms with Crippen molar-refractivity contribution < 1.29 is 14.3 Å². The molecule has 33 heavy (non-hydrogen) atoms. The van der Waals surface area contributed by atoms with Crippen LogP contribution in [0, 0.1) is 0 Å². The molecule has 3 aromatic heterocycles. The van der Waals surface area contributed by atoms with E-state index in [1.54, 1.807) is 23.4 Å². The molecule has 1 amide bonds. The van der Waals surface area contributed by atoms with Crippen molar-refractivity contribution in [2.75, 3.05) is 43.4 Å². The van der Waals surface area contributed by atoms with Gasteiger partial charge in [-0.1, -0.05) is 24.3 Å². The maximum atomic E-state index is 13.2. The summed E-state index contributed by atoms with van der Waals surface area (Å²) in [4.78, 5) is 43.3. The Morgan fingerprint density at radius 1 is 1.12 bits per heavy atom. The van der Waals surface area contributed by atoms with Gasteiger partial charge in [0.25, 0.3) is 5.91 Å². The molecule has 1 saturated heterocycles. The summed E-state index contributed by atoms with van der Waals surface area (Å²) < 4.78 is 5.20. The van der Waals surface area contributed by atoms with Gasteiger partial charge < -0.3 is 20.3 Å². The summed E-state index contributed by atoms with van der Waals surface area (Å²) in [6.07, 6.45) is 1.67. The van der Waals surface area contributed by atoms with Gasteiger partial charge in [-0.05, 0) is 18.4 Å². The summed E-state index contributed by atoms with van der Waals surface area (Å²) in [5.74, 6) is 0.237. The highest BCUT2D eigenvalue weighted by atomic mass is 32.1. The van der Waals surface area contributed by atoms with Crippen LogP contribution in [0.5, 0.6) is 0 Å². The van der Waals surface area contributed by atoms with Gasteiger partial charge in [0.1, 0.15) is 16.3 Å². The van der Waals surface area contributed by atoms with Crippen molar-refractivity contribution in [2.24, 2.45) is 0 Å². The van der Waals surface area contributed by atoms with Crippen molar-refractivity contribution in [1.82, 2.24) is 19.9 Å². The van der Waals surface area contributed by atoms with Gasteiger partial charge in [-0.3, -0.25) is 9.78 Å². The van der Waals surface area contributed by atoms with Gasteiger partial charge in [-0.15, -0.1) is 11.3 Å². The summed E-state index contributed by atoms with van der Waals surface area (Å²) in [5, 5.41) is 4.20. The van der Waals surface area contributed by atoms with Crippen molar-refractivity contribution in [3.05, 3.63) is 53.2 Å². The SMILES string of the molecule is CCOC(=O)c1csc2nc(N)nc(N3CCN(C(=O)c4nccc5ccccc45)CC3)c12. The standard InChI is InChI=1S/C23H22N6O3S/c1-2-32-22(31)16-13-33-20-17(16)19(26-23(24)27-20)28-9-11-29(12-10-28)21(30)18-15-6-4-3-5-14(15)7-8-25-18/h3-8,13H,2,9-12H2,1H3,(H2,24,26,27). The van der Waals surface area contributed by atoms with E-state index in [0.29, 0.717) is 53.5 Å². The highest BCUT2D eigenvalue weighted by Crippen LogP contribution is 2.34. The molecule has 5 rings (SSSR count). The Bertz CT molecular complexity index is 1360. The number of carbonyl (C=O) groups excluding carboxylic acids is 2. The van der Waals surface area contributed by atoms with Gasteiger partial charge in [0, 0.05) is 43.1 Å². The lowest BCUT2D eigenvalue weighted by Crippen LogP contribution is -2.49. The zero-order valence-electron chi connectivity index (χ0n) is 18.0. The number of ether oxygens (including phenoxy) is 1. The molecule has 4 aromatic rings. The van der Waals surface area contributed by atoms with Crippen LogP contribution in [0.25, 0.3) is 21.0 Å². The summed E-state index contributed by atoms with van der Waals surface area (Å²) >= 11 is 1.33. The molecule has 0 atom stereocenters. The summed E-state index contributed by atoms with van der Waals surface area (Å²) in [5.41, 5.74) is 6.84. The lowest BCUT2D eigenvalue weighted by atomic mass is 10.1. The third-order valence-electron chi connectivity index (χ3n) is 5.67. The topological polar surface area (TPSA) is 115 Å². The number of nitrogen functional groups attached to an aromatic ring is 1. The van der Waals surface area contributed by atoms with E-state index in [4.69, 9.17) is 10.5 Å². The number of carbonyl (C=O) groups is 2. The van der Waals surface area contributed by atoms with Gasteiger partial charge in [0.15, 0.2) is 0 Å². The smallest absolute Gasteiger partial charge is 0.339 e. The van der Waals surface area contributed by atoms with Crippen LogP contribution >= 0.6 is 11.3 Å². The average Bonchev–Trinajstić information content (AvgIpc) is 3.27. The molecule has 10 heteroatoms. The number of nitrogens with two attached hydrogens (primary N) is 1. The number of rotatable bonds is 4. The Morgan fingerprint density at radius 3 is 2.70 bits per heavy atom. The first-order valence-corrected chi connectivity index (χ1v) is 11.5. The summed E-state index contributed by atoms with van der Waals surface area (Å²) in [6.45, 7) is 4.12. The third-order valence-corrected chi connectivity index (χ3v) is 6.54. The molecule has 1 fully saturated rings. The Balaban J connectivity index is 1.41. The fourth-order valence-electron chi connectivity index (χ4n) is 4.09. The maximum Gasteiger partial charge on any atom is 0.339 e.